The lowest BCUT2D eigenvalue weighted by Crippen LogP contribution is -2.14. The minimum Gasteiger partial charge on any atom is -0.510 e. The fraction of sp³-hybridized carbons (Fsp3) is 0.0625. The Hall–Kier alpha value is -3.55. The Morgan fingerprint density at radius 1 is 1.12 bits per heavy atom. The number of azo groups is 1. The Labute approximate surface area is 137 Å². The molecule has 2 aromatic rings. The van der Waals surface area contributed by atoms with Crippen molar-refractivity contribution < 1.29 is 14.8 Å². The summed E-state index contributed by atoms with van der Waals surface area (Å²) >= 11 is 0. The quantitative estimate of drug-likeness (QED) is 0.282. The third-order valence-electron chi connectivity index (χ3n) is 2.93. The van der Waals surface area contributed by atoms with Crippen molar-refractivity contribution in [2.24, 2.45) is 10.2 Å². The molecular formula is C16H14N4O4. The number of allylic oxidation sites excluding steroid dienone is 1. The highest BCUT2D eigenvalue weighted by Crippen LogP contribution is 2.27. The van der Waals surface area contributed by atoms with E-state index in [-0.39, 0.29) is 22.8 Å². The van der Waals surface area contributed by atoms with E-state index in [9.17, 15) is 20.0 Å². The molecule has 0 fully saturated rings. The predicted molar refractivity (Wildman–Crippen MR) is 88.0 cm³/mol. The first-order valence-electron chi connectivity index (χ1n) is 6.90. The van der Waals surface area contributed by atoms with Crippen LogP contribution in [0.25, 0.3) is 0 Å². The number of carbonyl (C=O) groups excluding carboxylic acids is 1. The topological polar surface area (TPSA) is 117 Å². The summed E-state index contributed by atoms with van der Waals surface area (Å²) in [6.45, 7) is 1.28. The van der Waals surface area contributed by atoms with Crippen molar-refractivity contribution in [2.75, 3.05) is 5.32 Å². The molecule has 0 saturated carbocycles. The molecule has 0 bridgehead atoms. The van der Waals surface area contributed by atoms with Crippen molar-refractivity contribution in [1.82, 2.24) is 0 Å². The van der Waals surface area contributed by atoms with Crippen LogP contribution in [0.4, 0.5) is 17.1 Å². The van der Waals surface area contributed by atoms with E-state index in [0.717, 1.165) is 0 Å². The number of nitrogens with one attached hydrogen (secondary N) is 1. The molecule has 0 saturated heterocycles. The van der Waals surface area contributed by atoms with Crippen molar-refractivity contribution in [1.29, 1.82) is 0 Å². The first-order valence-corrected chi connectivity index (χ1v) is 6.90. The highest BCUT2D eigenvalue weighted by atomic mass is 16.6. The molecule has 2 N–H and O–H groups in total. The maximum atomic E-state index is 12.2. The summed E-state index contributed by atoms with van der Waals surface area (Å²) in [7, 11) is 0. The summed E-state index contributed by atoms with van der Waals surface area (Å²) in [6, 6.07) is 14.3. The molecule has 24 heavy (non-hydrogen) atoms. The van der Waals surface area contributed by atoms with Crippen molar-refractivity contribution in [2.45, 2.75) is 6.92 Å². The van der Waals surface area contributed by atoms with Crippen LogP contribution in [0.3, 0.4) is 0 Å². The smallest absolute Gasteiger partial charge is 0.296 e. The Morgan fingerprint density at radius 2 is 1.75 bits per heavy atom. The summed E-state index contributed by atoms with van der Waals surface area (Å²) in [5.41, 5.74) is -0.0902. The number of nitrogens with zero attached hydrogens (tertiary/aromatic N) is 3. The van der Waals surface area contributed by atoms with Crippen molar-refractivity contribution in [3.8, 4) is 0 Å². The number of aliphatic hydroxyl groups is 1. The molecule has 8 heteroatoms. The second kappa shape index (κ2) is 7.63. The SMILES string of the molecule is C/C(O)=C(\N=Nc1ccccc1[N+](=O)[O-])C(=O)Nc1ccccc1. The Balaban J connectivity index is 2.26. The van der Waals surface area contributed by atoms with Gasteiger partial charge in [-0.15, -0.1) is 10.2 Å². The van der Waals surface area contributed by atoms with Crippen LogP contribution in [0.2, 0.25) is 0 Å². The van der Waals surface area contributed by atoms with Crippen LogP contribution in [-0.2, 0) is 4.79 Å². The van der Waals surface area contributed by atoms with Gasteiger partial charge in [0.1, 0.15) is 5.76 Å². The van der Waals surface area contributed by atoms with Gasteiger partial charge in [-0.1, -0.05) is 30.3 Å². The molecule has 0 aliphatic carbocycles. The van der Waals surface area contributed by atoms with Crippen LogP contribution in [0, 0.1) is 10.1 Å². The lowest BCUT2D eigenvalue weighted by atomic mass is 10.3. The molecule has 2 aromatic carbocycles. The van der Waals surface area contributed by atoms with Gasteiger partial charge in [0.2, 0.25) is 0 Å². The van der Waals surface area contributed by atoms with E-state index in [2.05, 4.69) is 15.5 Å². The molecule has 0 heterocycles. The largest absolute Gasteiger partial charge is 0.510 e. The summed E-state index contributed by atoms with van der Waals surface area (Å²) in [6.07, 6.45) is 0. The number of nitro groups is 1. The highest BCUT2D eigenvalue weighted by Gasteiger charge is 2.15. The molecule has 2 rings (SSSR count). The van der Waals surface area contributed by atoms with E-state index in [1.165, 1.54) is 25.1 Å². The minimum atomic E-state index is -0.677. The molecule has 0 unspecified atom stereocenters. The number of nitro benzene ring substituents is 1. The number of aliphatic hydroxyl groups excluding tert-OH is 1. The van der Waals surface area contributed by atoms with E-state index in [4.69, 9.17) is 0 Å². The maximum Gasteiger partial charge on any atom is 0.296 e. The third-order valence-corrected chi connectivity index (χ3v) is 2.93. The molecule has 0 spiro atoms. The Kier molecular flexibility index (Phi) is 5.35. The number of hydrogen-bond donors (Lipinski definition) is 2. The highest BCUT2D eigenvalue weighted by molar-refractivity contribution is 6.03. The number of amides is 1. The summed E-state index contributed by atoms with van der Waals surface area (Å²) in [5, 5.41) is 30.5. The van der Waals surface area contributed by atoms with Gasteiger partial charge in [-0.2, -0.15) is 0 Å². The van der Waals surface area contributed by atoms with Gasteiger partial charge in [-0.05, 0) is 25.1 Å². The van der Waals surface area contributed by atoms with Gasteiger partial charge < -0.3 is 10.4 Å². The van der Waals surface area contributed by atoms with Gasteiger partial charge in [0.15, 0.2) is 11.4 Å². The molecule has 0 aliphatic rings. The number of hydrogen-bond acceptors (Lipinski definition) is 6. The third kappa shape index (κ3) is 4.23. The van der Waals surface area contributed by atoms with Gasteiger partial charge in [-0.25, -0.2) is 0 Å². The van der Waals surface area contributed by atoms with E-state index >= 15 is 0 Å². The van der Waals surface area contributed by atoms with Crippen molar-refractivity contribution in [3.05, 3.63) is 76.2 Å². The molecule has 122 valence electrons. The summed E-state index contributed by atoms with van der Waals surface area (Å²) < 4.78 is 0. The fourth-order valence-electron chi connectivity index (χ4n) is 1.80. The zero-order valence-electron chi connectivity index (χ0n) is 12.7. The number of anilines is 1. The molecule has 0 radical (unpaired) electrons. The maximum absolute atomic E-state index is 12.2. The number of benzene rings is 2. The summed E-state index contributed by atoms with van der Waals surface area (Å²) in [4.78, 5) is 22.5. The monoisotopic (exact) mass is 326 g/mol. The van der Waals surface area contributed by atoms with E-state index in [1.807, 2.05) is 0 Å². The Bertz CT molecular complexity index is 812. The van der Waals surface area contributed by atoms with Gasteiger partial charge >= 0.3 is 0 Å². The van der Waals surface area contributed by atoms with E-state index in [0.29, 0.717) is 5.69 Å². The molecule has 8 nitrogen and oxygen atoms in total. The first kappa shape index (κ1) is 16.8. The minimum absolute atomic E-state index is 0.0197. The fourth-order valence-corrected chi connectivity index (χ4v) is 1.80. The first-order chi connectivity index (χ1) is 11.5. The van der Waals surface area contributed by atoms with Crippen LogP contribution >= 0.6 is 0 Å². The van der Waals surface area contributed by atoms with Gasteiger partial charge in [0.25, 0.3) is 11.6 Å². The average molecular weight is 326 g/mol. The zero-order valence-corrected chi connectivity index (χ0v) is 12.7. The van der Waals surface area contributed by atoms with Gasteiger partial charge in [0.05, 0.1) is 4.92 Å². The molecule has 1 amide bonds. The van der Waals surface area contributed by atoms with E-state index in [1.54, 1.807) is 36.4 Å². The molecule has 0 aromatic heterocycles. The Morgan fingerprint density at radius 3 is 2.38 bits per heavy atom. The molecule has 0 aliphatic heterocycles. The van der Waals surface area contributed by atoms with Gasteiger partial charge in [-0.3, -0.25) is 14.9 Å². The number of carbonyl (C=O) groups is 1. The van der Waals surface area contributed by atoms with Crippen LogP contribution in [0.15, 0.2) is 76.3 Å². The predicted octanol–water partition coefficient (Wildman–Crippen LogP) is 4.11. The second-order valence-electron chi connectivity index (χ2n) is 4.70. The van der Waals surface area contributed by atoms with Crippen LogP contribution in [0.1, 0.15) is 6.92 Å². The van der Waals surface area contributed by atoms with Crippen LogP contribution in [-0.4, -0.2) is 15.9 Å². The van der Waals surface area contributed by atoms with Crippen molar-refractivity contribution >= 4 is 23.0 Å². The second-order valence-corrected chi connectivity index (χ2v) is 4.70. The molecular weight excluding hydrogens is 312 g/mol. The lowest BCUT2D eigenvalue weighted by molar-refractivity contribution is -0.384. The van der Waals surface area contributed by atoms with Gasteiger partial charge in [0, 0.05) is 11.8 Å². The van der Waals surface area contributed by atoms with Crippen LogP contribution in [0.5, 0.6) is 0 Å². The zero-order chi connectivity index (χ0) is 17.5. The summed E-state index contributed by atoms with van der Waals surface area (Å²) in [5.74, 6) is -1.03. The molecule has 0 atom stereocenters. The normalized spacial score (nSPS) is 11.9. The van der Waals surface area contributed by atoms with E-state index < -0.39 is 10.8 Å². The number of rotatable bonds is 5. The average Bonchev–Trinajstić information content (AvgIpc) is 2.56. The lowest BCUT2D eigenvalue weighted by Gasteiger charge is -2.05. The van der Waals surface area contributed by atoms with Crippen LogP contribution < -0.4 is 5.32 Å². The standard InChI is InChI=1S/C16H14N4O4/c1-11(21)15(16(22)17-12-7-3-2-4-8-12)19-18-13-9-5-6-10-14(13)20(23)24/h2-10,21H,1H3,(H,17,22)/b15-11+,19-18?. The number of para-hydroxylation sites is 2. The van der Waals surface area contributed by atoms with Crippen molar-refractivity contribution in [3.63, 3.8) is 0 Å².